The fraction of sp³-hybridized carbons (Fsp3) is 1.00. The Morgan fingerprint density at radius 3 is 2.30 bits per heavy atom. The lowest BCUT2D eigenvalue weighted by Crippen LogP contribution is -2.46. The van der Waals surface area contributed by atoms with Crippen LogP contribution in [-0.2, 0) is 14.6 Å². The van der Waals surface area contributed by atoms with Gasteiger partial charge in [-0.2, -0.15) is 0 Å². The SMILES string of the molecule is CC1OC(C)C(C(N)C2CCCC(S(C)(=O)=O)C2)C1C. The first-order valence-electron chi connectivity index (χ1n) is 7.81. The van der Waals surface area contributed by atoms with E-state index in [1.165, 1.54) is 6.26 Å². The molecule has 0 aromatic rings. The van der Waals surface area contributed by atoms with E-state index in [0.717, 1.165) is 25.7 Å². The van der Waals surface area contributed by atoms with Crippen LogP contribution in [0.1, 0.15) is 46.5 Å². The minimum absolute atomic E-state index is 0.0505. The van der Waals surface area contributed by atoms with E-state index in [1.54, 1.807) is 0 Å². The molecule has 0 radical (unpaired) electrons. The molecule has 0 amide bonds. The third-order valence-corrected chi connectivity index (χ3v) is 7.22. The number of hydrogen-bond acceptors (Lipinski definition) is 4. The summed E-state index contributed by atoms with van der Waals surface area (Å²) in [6.07, 6.45) is 5.33. The maximum absolute atomic E-state index is 11.8. The van der Waals surface area contributed by atoms with Gasteiger partial charge in [-0.05, 0) is 44.9 Å². The van der Waals surface area contributed by atoms with Crippen LogP contribution >= 0.6 is 0 Å². The summed E-state index contributed by atoms with van der Waals surface area (Å²) in [7, 11) is -2.94. The first-order valence-corrected chi connectivity index (χ1v) is 9.77. The molecule has 118 valence electrons. The standard InChI is InChI=1S/C15H29NO3S/c1-9-10(2)19-11(3)14(9)15(16)12-6-5-7-13(8-12)20(4,17)18/h9-15H,5-8,16H2,1-4H3. The molecular weight excluding hydrogens is 274 g/mol. The lowest BCUT2D eigenvalue weighted by molar-refractivity contribution is 0.0456. The van der Waals surface area contributed by atoms with Gasteiger partial charge in [-0.25, -0.2) is 8.42 Å². The summed E-state index contributed by atoms with van der Waals surface area (Å²) in [5, 5.41) is -0.197. The van der Waals surface area contributed by atoms with E-state index >= 15 is 0 Å². The van der Waals surface area contributed by atoms with Gasteiger partial charge in [0, 0.05) is 18.2 Å². The Morgan fingerprint density at radius 2 is 1.80 bits per heavy atom. The van der Waals surface area contributed by atoms with E-state index in [9.17, 15) is 8.42 Å². The minimum Gasteiger partial charge on any atom is -0.375 e. The number of nitrogens with two attached hydrogens (primary N) is 1. The van der Waals surface area contributed by atoms with E-state index < -0.39 is 9.84 Å². The van der Waals surface area contributed by atoms with Crippen molar-refractivity contribution in [1.82, 2.24) is 0 Å². The number of ether oxygens (including phenoxy) is 1. The van der Waals surface area contributed by atoms with Gasteiger partial charge in [-0.3, -0.25) is 0 Å². The van der Waals surface area contributed by atoms with Gasteiger partial charge in [0.05, 0.1) is 17.5 Å². The highest BCUT2D eigenvalue weighted by Gasteiger charge is 2.44. The molecule has 1 saturated heterocycles. The van der Waals surface area contributed by atoms with Gasteiger partial charge in [0.25, 0.3) is 0 Å². The van der Waals surface area contributed by atoms with E-state index in [4.69, 9.17) is 10.5 Å². The van der Waals surface area contributed by atoms with E-state index in [2.05, 4.69) is 20.8 Å². The number of rotatable bonds is 3. The van der Waals surface area contributed by atoms with Gasteiger partial charge >= 0.3 is 0 Å². The molecule has 1 aliphatic carbocycles. The van der Waals surface area contributed by atoms with Crippen molar-refractivity contribution < 1.29 is 13.2 Å². The predicted octanol–water partition coefficient (Wildman–Crippen LogP) is 1.98. The molecule has 0 bridgehead atoms. The molecule has 2 aliphatic rings. The molecule has 2 N–H and O–H groups in total. The molecule has 0 aromatic carbocycles. The molecule has 7 atom stereocenters. The average Bonchev–Trinajstić information content (AvgIpc) is 2.62. The molecule has 5 heteroatoms. The fourth-order valence-electron chi connectivity index (χ4n) is 4.19. The second kappa shape index (κ2) is 5.93. The van der Waals surface area contributed by atoms with Crippen LogP contribution in [0.25, 0.3) is 0 Å². The summed E-state index contributed by atoms with van der Waals surface area (Å²) in [5.41, 5.74) is 6.53. The zero-order chi connectivity index (χ0) is 15.1. The lowest BCUT2D eigenvalue weighted by atomic mass is 9.73. The van der Waals surface area contributed by atoms with Crippen LogP contribution in [0.15, 0.2) is 0 Å². The highest BCUT2D eigenvalue weighted by molar-refractivity contribution is 7.91. The largest absolute Gasteiger partial charge is 0.375 e. The summed E-state index contributed by atoms with van der Waals surface area (Å²) in [6, 6.07) is 0.0505. The van der Waals surface area contributed by atoms with E-state index in [-0.39, 0.29) is 23.5 Å². The van der Waals surface area contributed by atoms with Crippen LogP contribution in [-0.4, -0.2) is 38.2 Å². The van der Waals surface area contributed by atoms with Crippen LogP contribution in [0, 0.1) is 17.8 Å². The molecule has 0 aromatic heterocycles. The third-order valence-electron chi connectivity index (χ3n) is 5.58. The highest BCUT2D eigenvalue weighted by atomic mass is 32.2. The predicted molar refractivity (Wildman–Crippen MR) is 81.2 cm³/mol. The Bertz CT molecular complexity index is 436. The molecule has 1 aliphatic heterocycles. The second-order valence-electron chi connectivity index (χ2n) is 6.94. The van der Waals surface area contributed by atoms with Crippen LogP contribution in [0.4, 0.5) is 0 Å². The number of sulfone groups is 1. The van der Waals surface area contributed by atoms with Gasteiger partial charge in [-0.1, -0.05) is 13.3 Å². The smallest absolute Gasteiger partial charge is 0.150 e. The first-order chi connectivity index (χ1) is 9.21. The van der Waals surface area contributed by atoms with Gasteiger partial charge in [-0.15, -0.1) is 0 Å². The minimum atomic E-state index is -2.94. The maximum atomic E-state index is 11.8. The summed E-state index contributed by atoms with van der Waals surface area (Å²) in [5.74, 6) is 1.10. The Labute approximate surface area is 123 Å². The van der Waals surface area contributed by atoms with Crippen LogP contribution in [0.5, 0.6) is 0 Å². The first kappa shape index (κ1) is 16.2. The average molecular weight is 303 g/mol. The van der Waals surface area contributed by atoms with Crippen molar-refractivity contribution in [3.63, 3.8) is 0 Å². The molecule has 0 spiro atoms. The zero-order valence-electron chi connectivity index (χ0n) is 13.1. The maximum Gasteiger partial charge on any atom is 0.150 e. The highest BCUT2D eigenvalue weighted by Crippen LogP contribution is 2.40. The van der Waals surface area contributed by atoms with Crippen molar-refractivity contribution >= 4 is 9.84 Å². The van der Waals surface area contributed by atoms with Crippen LogP contribution < -0.4 is 5.73 Å². The summed E-state index contributed by atoms with van der Waals surface area (Å²) in [4.78, 5) is 0. The van der Waals surface area contributed by atoms with Crippen molar-refractivity contribution in [3.05, 3.63) is 0 Å². The molecule has 2 rings (SSSR count). The lowest BCUT2D eigenvalue weighted by Gasteiger charge is -2.37. The van der Waals surface area contributed by atoms with Crippen molar-refractivity contribution in [2.75, 3.05) is 6.26 Å². The summed E-state index contributed by atoms with van der Waals surface area (Å²) >= 11 is 0. The Kier molecular flexibility index (Phi) is 4.82. The monoisotopic (exact) mass is 303 g/mol. The van der Waals surface area contributed by atoms with E-state index in [1.807, 2.05) is 0 Å². The van der Waals surface area contributed by atoms with Crippen molar-refractivity contribution in [2.45, 2.75) is 70.0 Å². The van der Waals surface area contributed by atoms with Gasteiger partial charge in [0.1, 0.15) is 9.84 Å². The molecule has 1 saturated carbocycles. The van der Waals surface area contributed by atoms with Gasteiger partial charge < -0.3 is 10.5 Å². The van der Waals surface area contributed by atoms with Crippen molar-refractivity contribution in [2.24, 2.45) is 23.5 Å². The second-order valence-corrected chi connectivity index (χ2v) is 9.26. The topological polar surface area (TPSA) is 69.4 Å². The zero-order valence-corrected chi connectivity index (χ0v) is 13.9. The third kappa shape index (κ3) is 3.20. The summed E-state index contributed by atoms with van der Waals surface area (Å²) < 4.78 is 29.5. The van der Waals surface area contributed by atoms with Crippen LogP contribution in [0.2, 0.25) is 0 Å². The fourth-order valence-corrected chi connectivity index (χ4v) is 5.38. The molecule has 7 unspecified atom stereocenters. The van der Waals surface area contributed by atoms with E-state index in [0.29, 0.717) is 17.8 Å². The molecule has 2 fully saturated rings. The molecule has 20 heavy (non-hydrogen) atoms. The molecular formula is C15H29NO3S. The van der Waals surface area contributed by atoms with Gasteiger partial charge in [0.2, 0.25) is 0 Å². The molecule has 4 nitrogen and oxygen atoms in total. The molecule has 1 heterocycles. The Hall–Kier alpha value is -0.130. The van der Waals surface area contributed by atoms with Crippen molar-refractivity contribution in [3.8, 4) is 0 Å². The quantitative estimate of drug-likeness (QED) is 0.865. The Morgan fingerprint density at radius 1 is 1.15 bits per heavy atom. The summed E-state index contributed by atoms with van der Waals surface area (Å²) in [6.45, 7) is 6.41. The normalized spacial score (nSPS) is 44.5. The van der Waals surface area contributed by atoms with Crippen molar-refractivity contribution in [1.29, 1.82) is 0 Å². The van der Waals surface area contributed by atoms with Gasteiger partial charge in [0.15, 0.2) is 0 Å². The Balaban J connectivity index is 2.07. The van der Waals surface area contributed by atoms with Crippen LogP contribution in [0.3, 0.4) is 0 Å². The number of hydrogen-bond donors (Lipinski definition) is 1.